The lowest BCUT2D eigenvalue weighted by Crippen LogP contribution is -2.51. The third-order valence-electron chi connectivity index (χ3n) is 6.95. The van der Waals surface area contributed by atoms with Crippen LogP contribution in [0.15, 0.2) is 0 Å². The van der Waals surface area contributed by atoms with Crippen molar-refractivity contribution in [2.75, 3.05) is 39.3 Å². The van der Waals surface area contributed by atoms with Gasteiger partial charge in [0.25, 0.3) is 0 Å². The zero-order valence-corrected chi connectivity index (χ0v) is 17.3. The Bertz CT molecular complexity index is 385. The molecule has 2 saturated heterocycles. The minimum atomic E-state index is 0.397. The molecule has 25 heavy (non-hydrogen) atoms. The van der Waals surface area contributed by atoms with Gasteiger partial charge in [-0.05, 0) is 109 Å². The first-order valence-corrected chi connectivity index (χ1v) is 11.0. The molecule has 0 radical (unpaired) electrons. The SMILES string of the molecule is CC(C)CCN1CCC(CN2CCC3(CC2)CC(OC(C)C)C3)CC1. The van der Waals surface area contributed by atoms with Gasteiger partial charge < -0.3 is 14.5 Å². The summed E-state index contributed by atoms with van der Waals surface area (Å²) in [6, 6.07) is 0. The summed E-state index contributed by atoms with van der Waals surface area (Å²) in [6.07, 6.45) is 10.6. The second kappa shape index (κ2) is 8.71. The fourth-order valence-electron chi connectivity index (χ4n) is 5.20. The maximum Gasteiger partial charge on any atom is 0.0589 e. The second-order valence-electron chi connectivity index (χ2n) is 9.98. The van der Waals surface area contributed by atoms with E-state index in [1.54, 1.807) is 0 Å². The maximum absolute atomic E-state index is 5.99. The van der Waals surface area contributed by atoms with Gasteiger partial charge in [0.1, 0.15) is 0 Å². The Balaban J connectivity index is 1.30. The topological polar surface area (TPSA) is 15.7 Å². The van der Waals surface area contributed by atoms with E-state index >= 15 is 0 Å². The molecule has 3 aliphatic rings. The summed E-state index contributed by atoms with van der Waals surface area (Å²) < 4.78 is 5.99. The minimum absolute atomic E-state index is 0.397. The van der Waals surface area contributed by atoms with Crippen LogP contribution in [0.3, 0.4) is 0 Å². The van der Waals surface area contributed by atoms with Crippen molar-refractivity contribution in [3.63, 3.8) is 0 Å². The van der Waals surface area contributed by atoms with E-state index in [0.29, 0.717) is 17.6 Å². The van der Waals surface area contributed by atoms with E-state index in [1.165, 1.54) is 84.2 Å². The van der Waals surface area contributed by atoms with Gasteiger partial charge in [0.05, 0.1) is 12.2 Å². The van der Waals surface area contributed by atoms with Crippen molar-refractivity contribution in [3.8, 4) is 0 Å². The highest BCUT2D eigenvalue weighted by Gasteiger charge is 2.46. The molecule has 2 heterocycles. The Morgan fingerprint density at radius 1 is 0.920 bits per heavy atom. The predicted molar refractivity (Wildman–Crippen MR) is 106 cm³/mol. The first-order chi connectivity index (χ1) is 11.9. The number of rotatable bonds is 7. The summed E-state index contributed by atoms with van der Waals surface area (Å²) in [6.45, 7) is 17.0. The molecule has 3 fully saturated rings. The van der Waals surface area contributed by atoms with Crippen molar-refractivity contribution >= 4 is 0 Å². The molecule has 1 spiro atoms. The first kappa shape index (κ1) is 19.6. The summed E-state index contributed by atoms with van der Waals surface area (Å²) in [7, 11) is 0. The van der Waals surface area contributed by atoms with Crippen LogP contribution >= 0.6 is 0 Å². The van der Waals surface area contributed by atoms with Gasteiger partial charge in [-0.2, -0.15) is 0 Å². The summed E-state index contributed by atoms with van der Waals surface area (Å²) in [4.78, 5) is 5.47. The highest BCUT2D eigenvalue weighted by molar-refractivity contribution is 4.98. The van der Waals surface area contributed by atoms with Gasteiger partial charge in [0.15, 0.2) is 0 Å². The van der Waals surface area contributed by atoms with Crippen LogP contribution in [0.25, 0.3) is 0 Å². The molecule has 3 rings (SSSR count). The third-order valence-corrected chi connectivity index (χ3v) is 6.95. The van der Waals surface area contributed by atoms with Gasteiger partial charge in [-0.3, -0.25) is 0 Å². The number of piperidine rings is 2. The van der Waals surface area contributed by atoms with Crippen molar-refractivity contribution < 1.29 is 4.74 Å². The molecule has 0 aromatic heterocycles. The Labute approximate surface area is 156 Å². The van der Waals surface area contributed by atoms with Crippen LogP contribution in [0, 0.1) is 17.3 Å². The van der Waals surface area contributed by atoms with Crippen LogP contribution in [0.4, 0.5) is 0 Å². The van der Waals surface area contributed by atoms with E-state index in [0.717, 1.165) is 11.8 Å². The molecule has 3 heteroatoms. The van der Waals surface area contributed by atoms with E-state index in [-0.39, 0.29) is 0 Å². The Hall–Kier alpha value is -0.120. The Morgan fingerprint density at radius 2 is 1.56 bits per heavy atom. The maximum atomic E-state index is 5.99. The molecule has 2 aliphatic heterocycles. The van der Waals surface area contributed by atoms with Crippen LogP contribution in [0.2, 0.25) is 0 Å². The van der Waals surface area contributed by atoms with Crippen molar-refractivity contribution in [2.24, 2.45) is 17.3 Å². The monoisotopic (exact) mass is 350 g/mol. The zero-order valence-electron chi connectivity index (χ0n) is 17.3. The largest absolute Gasteiger partial charge is 0.376 e. The molecule has 0 bridgehead atoms. The molecular weight excluding hydrogens is 308 g/mol. The number of ether oxygens (including phenoxy) is 1. The quantitative estimate of drug-likeness (QED) is 0.676. The molecule has 3 nitrogen and oxygen atoms in total. The predicted octanol–water partition coefficient (Wildman–Crippen LogP) is 4.41. The molecule has 0 unspecified atom stereocenters. The fraction of sp³-hybridized carbons (Fsp3) is 1.00. The minimum Gasteiger partial charge on any atom is -0.376 e. The van der Waals surface area contributed by atoms with Gasteiger partial charge in [-0.1, -0.05) is 13.8 Å². The first-order valence-electron chi connectivity index (χ1n) is 11.0. The lowest BCUT2D eigenvalue weighted by atomic mass is 9.61. The highest BCUT2D eigenvalue weighted by Crippen LogP contribution is 2.50. The number of hydrogen-bond donors (Lipinski definition) is 0. The average molecular weight is 351 g/mol. The normalized spacial score (nSPS) is 26.6. The van der Waals surface area contributed by atoms with Crippen LogP contribution in [0.1, 0.15) is 72.6 Å². The second-order valence-corrected chi connectivity index (χ2v) is 9.98. The lowest BCUT2D eigenvalue weighted by molar-refractivity contribution is -0.124. The van der Waals surface area contributed by atoms with Crippen molar-refractivity contribution in [1.82, 2.24) is 9.80 Å². The van der Waals surface area contributed by atoms with E-state index in [2.05, 4.69) is 37.5 Å². The molecule has 1 aliphatic carbocycles. The molecule has 146 valence electrons. The standard InChI is InChI=1S/C22H42N2O/c1-18(2)5-10-23-11-6-20(7-12-23)17-24-13-8-22(9-14-24)15-21(16-22)25-19(3)4/h18-21H,5-17H2,1-4H3. The van der Waals surface area contributed by atoms with Crippen molar-refractivity contribution in [2.45, 2.75) is 84.8 Å². The molecule has 0 amide bonds. The third kappa shape index (κ3) is 5.68. The zero-order chi connectivity index (χ0) is 17.9. The van der Waals surface area contributed by atoms with Gasteiger partial charge in [0.2, 0.25) is 0 Å². The molecule has 0 aromatic carbocycles. The fourth-order valence-corrected chi connectivity index (χ4v) is 5.20. The summed E-state index contributed by atoms with van der Waals surface area (Å²) in [5.74, 6) is 1.79. The number of nitrogens with zero attached hydrogens (tertiary/aromatic N) is 2. The van der Waals surface area contributed by atoms with Gasteiger partial charge in [-0.25, -0.2) is 0 Å². The van der Waals surface area contributed by atoms with Crippen LogP contribution in [0.5, 0.6) is 0 Å². The molecular formula is C22H42N2O. The van der Waals surface area contributed by atoms with Crippen LogP contribution in [-0.4, -0.2) is 61.3 Å². The van der Waals surface area contributed by atoms with E-state index < -0.39 is 0 Å². The van der Waals surface area contributed by atoms with Crippen molar-refractivity contribution in [1.29, 1.82) is 0 Å². The average Bonchev–Trinajstić information content (AvgIpc) is 2.54. The number of hydrogen-bond acceptors (Lipinski definition) is 3. The summed E-state index contributed by atoms with van der Waals surface area (Å²) in [5.41, 5.74) is 0.649. The highest BCUT2D eigenvalue weighted by atomic mass is 16.5. The van der Waals surface area contributed by atoms with Crippen molar-refractivity contribution in [3.05, 3.63) is 0 Å². The molecule has 0 N–H and O–H groups in total. The lowest BCUT2D eigenvalue weighted by Gasteiger charge is -2.52. The Kier molecular flexibility index (Phi) is 6.84. The van der Waals surface area contributed by atoms with E-state index in [1.807, 2.05) is 0 Å². The van der Waals surface area contributed by atoms with Gasteiger partial charge in [0, 0.05) is 6.54 Å². The number of likely N-dealkylation sites (tertiary alicyclic amines) is 2. The molecule has 0 atom stereocenters. The smallest absolute Gasteiger partial charge is 0.0589 e. The van der Waals surface area contributed by atoms with Crippen LogP contribution < -0.4 is 0 Å². The summed E-state index contributed by atoms with van der Waals surface area (Å²) >= 11 is 0. The van der Waals surface area contributed by atoms with Gasteiger partial charge >= 0.3 is 0 Å². The summed E-state index contributed by atoms with van der Waals surface area (Å²) in [5, 5.41) is 0. The van der Waals surface area contributed by atoms with E-state index in [9.17, 15) is 0 Å². The van der Waals surface area contributed by atoms with Crippen LogP contribution in [-0.2, 0) is 4.74 Å². The van der Waals surface area contributed by atoms with E-state index in [4.69, 9.17) is 4.74 Å². The molecule has 1 saturated carbocycles. The Morgan fingerprint density at radius 3 is 2.12 bits per heavy atom. The molecule has 0 aromatic rings. The van der Waals surface area contributed by atoms with Gasteiger partial charge in [-0.15, -0.1) is 0 Å².